The third kappa shape index (κ3) is 7.66. The Labute approximate surface area is 178 Å². The largest absolute Gasteiger partial charge is 0.490 e. The molecule has 0 N–H and O–H groups in total. The molecule has 0 saturated heterocycles. The molecule has 0 bridgehead atoms. The summed E-state index contributed by atoms with van der Waals surface area (Å²) in [4.78, 5) is 4.25. The minimum absolute atomic E-state index is 0.0636. The van der Waals surface area contributed by atoms with Gasteiger partial charge in [-0.15, -0.1) is 0 Å². The van der Waals surface area contributed by atoms with Crippen molar-refractivity contribution in [3.8, 4) is 17.0 Å². The Morgan fingerprint density at radius 1 is 0.867 bits per heavy atom. The zero-order chi connectivity index (χ0) is 21.8. The summed E-state index contributed by atoms with van der Waals surface area (Å²) in [5, 5.41) is 0. The summed E-state index contributed by atoms with van der Waals surface area (Å²) in [6, 6.07) is 6.40. The fraction of sp³-hybridized carbons (Fsp3) is 0.560. The molecule has 1 unspecified atom stereocenters. The monoisotopic (exact) mass is 421 g/mol. The quantitative estimate of drug-likeness (QED) is 0.290. The van der Waals surface area contributed by atoms with E-state index in [1.807, 2.05) is 6.92 Å². The molecule has 0 saturated carbocycles. The number of alkyl halides is 1. The van der Waals surface area contributed by atoms with E-state index in [1.165, 1.54) is 31.4 Å². The molecule has 2 aromatic rings. The van der Waals surface area contributed by atoms with E-state index in [0.717, 1.165) is 31.2 Å². The third-order valence-corrected chi connectivity index (χ3v) is 5.25. The van der Waals surface area contributed by atoms with Gasteiger partial charge in [-0.25, -0.2) is 8.78 Å². The van der Waals surface area contributed by atoms with Crippen molar-refractivity contribution in [1.29, 1.82) is 0 Å². The molecule has 5 heteroatoms. The van der Waals surface area contributed by atoms with Gasteiger partial charge in [0.15, 0.2) is 11.6 Å². The first-order valence-electron chi connectivity index (χ1n) is 11.3. The van der Waals surface area contributed by atoms with Crippen LogP contribution in [0.25, 0.3) is 11.3 Å². The summed E-state index contributed by atoms with van der Waals surface area (Å²) < 4.78 is 48.0. The Bertz CT molecular complexity index is 749. The number of hydrogen-bond acceptors (Lipinski definition) is 2. The van der Waals surface area contributed by atoms with Gasteiger partial charge in [0.1, 0.15) is 6.17 Å². The summed E-state index contributed by atoms with van der Waals surface area (Å²) in [6.45, 7) is 4.51. The molecule has 1 aromatic carbocycles. The highest BCUT2D eigenvalue weighted by Crippen LogP contribution is 2.29. The second-order valence-electron chi connectivity index (χ2n) is 7.83. The van der Waals surface area contributed by atoms with Crippen LogP contribution in [0.1, 0.15) is 77.2 Å². The highest BCUT2D eigenvalue weighted by Gasteiger charge is 2.16. The van der Waals surface area contributed by atoms with Gasteiger partial charge in [-0.1, -0.05) is 58.4 Å². The van der Waals surface area contributed by atoms with Crippen molar-refractivity contribution >= 4 is 0 Å². The molecule has 0 aliphatic carbocycles. The topological polar surface area (TPSA) is 22.1 Å². The Balaban J connectivity index is 1.91. The Hall–Kier alpha value is -2.04. The molecule has 1 atom stereocenters. The van der Waals surface area contributed by atoms with Gasteiger partial charge in [-0.2, -0.15) is 4.39 Å². The summed E-state index contributed by atoms with van der Waals surface area (Å²) in [5.74, 6) is -2.00. The smallest absolute Gasteiger partial charge is 0.201 e. The Morgan fingerprint density at radius 3 is 2.33 bits per heavy atom. The van der Waals surface area contributed by atoms with Crippen LogP contribution >= 0.6 is 0 Å². The maximum atomic E-state index is 14.6. The van der Waals surface area contributed by atoms with Crippen LogP contribution in [0.4, 0.5) is 13.2 Å². The number of aryl methyl sites for hydroxylation is 1. The van der Waals surface area contributed by atoms with Crippen LogP contribution in [0, 0.1) is 11.6 Å². The van der Waals surface area contributed by atoms with Crippen LogP contribution in [0.2, 0.25) is 0 Å². The first kappa shape index (κ1) is 24.2. The van der Waals surface area contributed by atoms with Gasteiger partial charge in [-0.05, 0) is 49.4 Å². The van der Waals surface area contributed by atoms with E-state index in [9.17, 15) is 13.2 Å². The standard InChI is InChI=1S/C25H34F3NO/c1-3-5-6-7-8-9-17-30-23-16-14-21(24(27)25(23)28)22-15-12-19(18-29-22)11-13-20(26)10-4-2/h12,14-16,18,20H,3-11,13,17H2,1-2H3. The van der Waals surface area contributed by atoms with Gasteiger partial charge in [-0.3, -0.25) is 4.98 Å². The number of hydrogen-bond donors (Lipinski definition) is 0. The van der Waals surface area contributed by atoms with Crippen LogP contribution in [-0.4, -0.2) is 17.8 Å². The minimum atomic E-state index is -0.982. The number of ether oxygens (including phenoxy) is 1. The van der Waals surface area contributed by atoms with Crippen LogP contribution in [0.3, 0.4) is 0 Å². The molecule has 1 aromatic heterocycles. The Kier molecular flexibility index (Phi) is 10.7. The lowest BCUT2D eigenvalue weighted by Crippen LogP contribution is -2.03. The van der Waals surface area contributed by atoms with E-state index in [-0.39, 0.29) is 11.3 Å². The molecule has 1 heterocycles. The number of pyridine rings is 1. The van der Waals surface area contributed by atoms with Gasteiger partial charge >= 0.3 is 0 Å². The average Bonchev–Trinajstić information content (AvgIpc) is 2.75. The van der Waals surface area contributed by atoms with E-state index in [2.05, 4.69) is 11.9 Å². The fourth-order valence-corrected chi connectivity index (χ4v) is 3.42. The second kappa shape index (κ2) is 13.3. The zero-order valence-electron chi connectivity index (χ0n) is 18.2. The van der Waals surface area contributed by atoms with Crippen molar-refractivity contribution in [2.75, 3.05) is 6.61 Å². The average molecular weight is 422 g/mol. The molecule has 0 amide bonds. The molecule has 0 fully saturated rings. The SMILES string of the molecule is CCCCCCCCOc1ccc(-c2ccc(CCC(F)CCC)cn2)c(F)c1F. The predicted molar refractivity (Wildman–Crippen MR) is 117 cm³/mol. The van der Waals surface area contributed by atoms with E-state index in [1.54, 1.807) is 18.3 Å². The van der Waals surface area contributed by atoms with Gasteiger partial charge in [0.2, 0.25) is 5.82 Å². The maximum Gasteiger partial charge on any atom is 0.201 e. The van der Waals surface area contributed by atoms with Gasteiger partial charge < -0.3 is 4.74 Å². The van der Waals surface area contributed by atoms with Gasteiger partial charge in [0, 0.05) is 11.8 Å². The van der Waals surface area contributed by atoms with Gasteiger partial charge in [0.05, 0.1) is 12.3 Å². The number of benzene rings is 1. The van der Waals surface area contributed by atoms with E-state index >= 15 is 0 Å². The zero-order valence-corrected chi connectivity index (χ0v) is 18.2. The van der Waals surface area contributed by atoms with Crippen molar-refractivity contribution in [1.82, 2.24) is 4.98 Å². The first-order valence-corrected chi connectivity index (χ1v) is 11.3. The summed E-state index contributed by atoms with van der Waals surface area (Å²) >= 11 is 0. The van der Waals surface area contributed by atoms with E-state index in [0.29, 0.717) is 31.6 Å². The van der Waals surface area contributed by atoms with Crippen LogP contribution in [0.5, 0.6) is 5.75 Å². The molecule has 0 radical (unpaired) electrons. The van der Waals surface area contributed by atoms with Crippen molar-refractivity contribution < 1.29 is 17.9 Å². The minimum Gasteiger partial charge on any atom is -0.490 e. The highest BCUT2D eigenvalue weighted by atomic mass is 19.2. The second-order valence-corrected chi connectivity index (χ2v) is 7.83. The fourth-order valence-electron chi connectivity index (χ4n) is 3.42. The summed E-state index contributed by atoms with van der Waals surface area (Å²) in [7, 11) is 0. The lowest BCUT2D eigenvalue weighted by molar-refractivity contribution is 0.285. The van der Waals surface area contributed by atoms with E-state index in [4.69, 9.17) is 4.74 Å². The summed E-state index contributed by atoms with van der Waals surface area (Å²) in [6.07, 6.45) is 9.82. The molecule has 0 aliphatic rings. The molecule has 2 rings (SSSR count). The number of halogens is 3. The third-order valence-electron chi connectivity index (χ3n) is 5.25. The maximum absolute atomic E-state index is 14.6. The van der Waals surface area contributed by atoms with Crippen molar-refractivity contribution in [3.63, 3.8) is 0 Å². The highest BCUT2D eigenvalue weighted by molar-refractivity contribution is 5.61. The lowest BCUT2D eigenvalue weighted by atomic mass is 10.0. The van der Waals surface area contributed by atoms with Crippen molar-refractivity contribution in [2.24, 2.45) is 0 Å². The summed E-state index contributed by atoms with van der Waals surface area (Å²) in [5.41, 5.74) is 1.33. The molecule has 2 nitrogen and oxygen atoms in total. The normalized spacial score (nSPS) is 12.2. The van der Waals surface area contributed by atoms with Crippen LogP contribution in [0.15, 0.2) is 30.5 Å². The van der Waals surface area contributed by atoms with E-state index < -0.39 is 17.8 Å². The molecule has 0 aliphatic heterocycles. The first-order chi connectivity index (χ1) is 14.6. The molecule has 0 spiro atoms. The van der Waals surface area contributed by atoms with Gasteiger partial charge in [0.25, 0.3) is 0 Å². The molecular formula is C25H34F3NO. The number of unbranched alkanes of at least 4 members (excludes halogenated alkanes) is 5. The predicted octanol–water partition coefficient (Wildman–Crippen LogP) is 7.84. The van der Waals surface area contributed by atoms with Crippen molar-refractivity contribution in [2.45, 2.75) is 84.2 Å². The molecule has 166 valence electrons. The van der Waals surface area contributed by atoms with Crippen LogP contribution < -0.4 is 4.74 Å². The number of rotatable bonds is 14. The molecular weight excluding hydrogens is 387 g/mol. The van der Waals surface area contributed by atoms with Crippen molar-refractivity contribution in [3.05, 3.63) is 47.7 Å². The lowest BCUT2D eigenvalue weighted by Gasteiger charge is -2.11. The number of nitrogens with zero attached hydrogens (tertiary/aromatic N) is 1. The molecule has 30 heavy (non-hydrogen) atoms. The van der Waals surface area contributed by atoms with Crippen LogP contribution in [-0.2, 0) is 6.42 Å². The number of aromatic nitrogens is 1. The Morgan fingerprint density at radius 2 is 1.63 bits per heavy atom.